The first kappa shape index (κ1) is 13.2. The molecular formula is C18H27N. The standard InChI is InChI=1S/C18H27N/c1-3-18(15-9-10-15)19-13(2)16-11-8-14-6-4-5-7-17(14)12-16/h8,11-13,15,18-19H,3-7,9-10H2,1-2H3. The molecule has 0 aliphatic heterocycles. The minimum absolute atomic E-state index is 0.498. The first-order valence-electron chi connectivity index (χ1n) is 8.15. The summed E-state index contributed by atoms with van der Waals surface area (Å²) in [7, 11) is 0. The maximum Gasteiger partial charge on any atom is 0.0294 e. The predicted octanol–water partition coefficient (Wildman–Crippen LogP) is 4.40. The second-order valence-corrected chi connectivity index (χ2v) is 6.48. The van der Waals surface area contributed by atoms with Gasteiger partial charge < -0.3 is 5.32 Å². The first-order valence-corrected chi connectivity index (χ1v) is 8.15. The van der Waals surface area contributed by atoms with Crippen LogP contribution in [0.2, 0.25) is 0 Å². The van der Waals surface area contributed by atoms with Crippen LogP contribution in [0.3, 0.4) is 0 Å². The van der Waals surface area contributed by atoms with Crippen molar-refractivity contribution in [2.75, 3.05) is 0 Å². The lowest BCUT2D eigenvalue weighted by Crippen LogP contribution is -2.32. The second-order valence-electron chi connectivity index (χ2n) is 6.48. The predicted molar refractivity (Wildman–Crippen MR) is 81.4 cm³/mol. The molecule has 2 unspecified atom stereocenters. The van der Waals surface area contributed by atoms with Gasteiger partial charge in [-0.3, -0.25) is 0 Å². The summed E-state index contributed by atoms with van der Waals surface area (Å²) in [5.41, 5.74) is 4.69. The molecule has 2 aliphatic carbocycles. The highest BCUT2D eigenvalue weighted by molar-refractivity contribution is 5.35. The van der Waals surface area contributed by atoms with Gasteiger partial charge in [-0.2, -0.15) is 0 Å². The molecule has 1 aromatic carbocycles. The molecule has 1 fully saturated rings. The van der Waals surface area contributed by atoms with Gasteiger partial charge in [0.05, 0.1) is 0 Å². The lowest BCUT2D eigenvalue weighted by molar-refractivity contribution is 0.404. The summed E-state index contributed by atoms with van der Waals surface area (Å²) in [6, 6.07) is 8.41. The fourth-order valence-corrected chi connectivity index (χ4v) is 3.53. The maximum absolute atomic E-state index is 3.85. The number of benzene rings is 1. The molecule has 0 spiro atoms. The van der Waals surface area contributed by atoms with Gasteiger partial charge in [0.1, 0.15) is 0 Å². The zero-order valence-electron chi connectivity index (χ0n) is 12.4. The molecule has 0 saturated heterocycles. The first-order chi connectivity index (χ1) is 9.28. The summed E-state index contributed by atoms with van der Waals surface area (Å²) < 4.78 is 0. The zero-order valence-corrected chi connectivity index (χ0v) is 12.4. The Hall–Kier alpha value is -0.820. The lowest BCUT2D eigenvalue weighted by atomic mass is 9.89. The topological polar surface area (TPSA) is 12.0 Å². The van der Waals surface area contributed by atoms with Gasteiger partial charge in [0.2, 0.25) is 0 Å². The van der Waals surface area contributed by atoms with Gasteiger partial charge in [-0.1, -0.05) is 25.1 Å². The molecule has 0 heterocycles. The van der Waals surface area contributed by atoms with Crippen LogP contribution in [-0.2, 0) is 12.8 Å². The molecule has 19 heavy (non-hydrogen) atoms. The van der Waals surface area contributed by atoms with E-state index in [-0.39, 0.29) is 0 Å². The molecule has 104 valence electrons. The molecule has 1 nitrogen and oxygen atoms in total. The Morgan fingerprint density at radius 2 is 1.89 bits per heavy atom. The minimum Gasteiger partial charge on any atom is -0.307 e. The number of rotatable bonds is 5. The van der Waals surface area contributed by atoms with Crippen molar-refractivity contribution in [2.45, 2.75) is 70.9 Å². The van der Waals surface area contributed by atoms with Crippen molar-refractivity contribution in [3.8, 4) is 0 Å². The van der Waals surface area contributed by atoms with Gasteiger partial charge >= 0.3 is 0 Å². The third-order valence-electron chi connectivity index (χ3n) is 4.97. The van der Waals surface area contributed by atoms with Gasteiger partial charge in [0.25, 0.3) is 0 Å². The van der Waals surface area contributed by atoms with E-state index in [1.807, 2.05) is 0 Å². The van der Waals surface area contributed by atoms with E-state index >= 15 is 0 Å². The normalized spacial score (nSPS) is 21.8. The van der Waals surface area contributed by atoms with Crippen LogP contribution in [0.25, 0.3) is 0 Å². The number of hydrogen-bond donors (Lipinski definition) is 1. The van der Waals surface area contributed by atoms with E-state index in [4.69, 9.17) is 0 Å². The number of hydrogen-bond acceptors (Lipinski definition) is 1. The summed E-state index contributed by atoms with van der Waals surface area (Å²) >= 11 is 0. The van der Waals surface area contributed by atoms with Crippen molar-refractivity contribution < 1.29 is 0 Å². The monoisotopic (exact) mass is 257 g/mol. The van der Waals surface area contributed by atoms with Gasteiger partial charge in [-0.15, -0.1) is 0 Å². The van der Waals surface area contributed by atoms with E-state index < -0.39 is 0 Å². The Kier molecular flexibility index (Phi) is 3.93. The highest BCUT2D eigenvalue weighted by Crippen LogP contribution is 2.35. The molecule has 0 bridgehead atoms. The fourth-order valence-electron chi connectivity index (χ4n) is 3.53. The largest absolute Gasteiger partial charge is 0.307 e. The Morgan fingerprint density at radius 1 is 1.16 bits per heavy atom. The number of aryl methyl sites for hydroxylation is 2. The average Bonchev–Trinajstić information content (AvgIpc) is 3.28. The third-order valence-corrected chi connectivity index (χ3v) is 4.97. The van der Waals surface area contributed by atoms with Crippen LogP contribution in [0.1, 0.15) is 68.7 Å². The van der Waals surface area contributed by atoms with Crippen LogP contribution in [0, 0.1) is 5.92 Å². The van der Waals surface area contributed by atoms with Crippen molar-refractivity contribution in [1.82, 2.24) is 5.32 Å². The minimum atomic E-state index is 0.498. The van der Waals surface area contributed by atoms with Gasteiger partial charge in [0, 0.05) is 12.1 Å². The average molecular weight is 257 g/mol. The Labute approximate surface area is 117 Å². The molecule has 2 atom stereocenters. The van der Waals surface area contributed by atoms with E-state index in [1.165, 1.54) is 50.5 Å². The highest BCUT2D eigenvalue weighted by Gasteiger charge is 2.30. The van der Waals surface area contributed by atoms with Crippen molar-refractivity contribution >= 4 is 0 Å². The molecule has 1 heteroatoms. The van der Waals surface area contributed by atoms with Gasteiger partial charge in [0.15, 0.2) is 0 Å². The molecule has 0 radical (unpaired) electrons. The zero-order chi connectivity index (χ0) is 13.2. The maximum atomic E-state index is 3.85. The van der Waals surface area contributed by atoms with Crippen LogP contribution in [0.15, 0.2) is 18.2 Å². The van der Waals surface area contributed by atoms with E-state index in [0.717, 1.165) is 12.0 Å². The molecule has 1 saturated carbocycles. The highest BCUT2D eigenvalue weighted by atomic mass is 15.0. The van der Waals surface area contributed by atoms with Crippen molar-refractivity contribution in [3.05, 3.63) is 34.9 Å². The molecule has 1 aromatic rings. The van der Waals surface area contributed by atoms with Crippen LogP contribution < -0.4 is 5.32 Å². The third kappa shape index (κ3) is 3.02. The van der Waals surface area contributed by atoms with Gasteiger partial charge in [-0.05, 0) is 74.5 Å². The Morgan fingerprint density at radius 3 is 2.58 bits per heavy atom. The van der Waals surface area contributed by atoms with Crippen LogP contribution in [0.4, 0.5) is 0 Å². The van der Waals surface area contributed by atoms with E-state index in [0.29, 0.717) is 6.04 Å². The van der Waals surface area contributed by atoms with Crippen LogP contribution in [-0.4, -0.2) is 6.04 Å². The lowest BCUT2D eigenvalue weighted by Gasteiger charge is -2.24. The second kappa shape index (κ2) is 5.66. The molecule has 1 N–H and O–H groups in total. The van der Waals surface area contributed by atoms with Crippen LogP contribution in [0.5, 0.6) is 0 Å². The number of fused-ring (bicyclic) bond motifs is 1. The Bertz CT molecular complexity index is 433. The van der Waals surface area contributed by atoms with E-state index in [2.05, 4.69) is 37.4 Å². The summed E-state index contributed by atoms with van der Waals surface area (Å²) in [5, 5.41) is 3.85. The van der Waals surface area contributed by atoms with Crippen molar-refractivity contribution in [1.29, 1.82) is 0 Å². The quantitative estimate of drug-likeness (QED) is 0.824. The molecule has 0 aromatic heterocycles. The summed E-state index contributed by atoms with van der Waals surface area (Å²) in [6.07, 6.45) is 9.45. The van der Waals surface area contributed by atoms with E-state index in [1.54, 1.807) is 11.1 Å². The molecule has 0 amide bonds. The van der Waals surface area contributed by atoms with Crippen LogP contribution >= 0.6 is 0 Å². The Balaban J connectivity index is 1.70. The van der Waals surface area contributed by atoms with Crippen molar-refractivity contribution in [3.63, 3.8) is 0 Å². The molecular weight excluding hydrogens is 230 g/mol. The molecule has 2 aliphatic rings. The van der Waals surface area contributed by atoms with Crippen molar-refractivity contribution in [2.24, 2.45) is 5.92 Å². The molecule has 3 rings (SSSR count). The summed E-state index contributed by atoms with van der Waals surface area (Å²) in [6.45, 7) is 4.64. The SMILES string of the molecule is CCC(NC(C)c1ccc2c(c1)CCCC2)C1CC1. The van der Waals surface area contributed by atoms with E-state index in [9.17, 15) is 0 Å². The number of nitrogens with one attached hydrogen (secondary N) is 1. The smallest absolute Gasteiger partial charge is 0.0294 e. The van der Waals surface area contributed by atoms with Gasteiger partial charge in [-0.25, -0.2) is 0 Å². The summed E-state index contributed by atoms with van der Waals surface area (Å²) in [4.78, 5) is 0. The summed E-state index contributed by atoms with van der Waals surface area (Å²) in [5.74, 6) is 0.949. The fraction of sp³-hybridized carbons (Fsp3) is 0.667.